The van der Waals surface area contributed by atoms with Gasteiger partial charge in [-0.2, -0.15) is 0 Å². The number of hydrogen-bond acceptors (Lipinski definition) is 6. The Labute approximate surface area is 424 Å². The molecule has 0 aromatic heterocycles. The quantitative estimate of drug-likeness (QED) is 0.0199. The van der Waals surface area contributed by atoms with Crippen LogP contribution < -0.4 is 0 Å². The molecule has 0 N–H and O–H groups in total. The molecule has 0 aromatic rings. The summed E-state index contributed by atoms with van der Waals surface area (Å²) in [7, 11) is 0. The average molecular weight is 956 g/mol. The van der Waals surface area contributed by atoms with Gasteiger partial charge in [-0.15, -0.1) is 0 Å². The summed E-state index contributed by atoms with van der Waals surface area (Å²) in [6.07, 6.45) is 77.5. The highest BCUT2D eigenvalue weighted by Gasteiger charge is 2.19. The first-order chi connectivity index (χ1) is 34.0. The van der Waals surface area contributed by atoms with Crippen molar-refractivity contribution in [1.29, 1.82) is 0 Å². The lowest BCUT2D eigenvalue weighted by molar-refractivity contribution is -0.167. The third kappa shape index (κ3) is 54.6. The maximum Gasteiger partial charge on any atom is 0.306 e. The second-order valence-corrected chi connectivity index (χ2v) is 18.2. The zero-order chi connectivity index (χ0) is 50.0. The highest BCUT2D eigenvalue weighted by atomic mass is 16.6. The van der Waals surface area contributed by atoms with Gasteiger partial charge in [0, 0.05) is 19.3 Å². The number of unbranched alkanes of at least 4 members (excludes halogenated alkanes) is 20. The first kappa shape index (κ1) is 64.8. The van der Waals surface area contributed by atoms with Crippen LogP contribution in [0.2, 0.25) is 0 Å². The van der Waals surface area contributed by atoms with Gasteiger partial charge < -0.3 is 14.2 Å². The Kier molecular flexibility index (Phi) is 53.0. The van der Waals surface area contributed by atoms with E-state index in [2.05, 4.69) is 142 Å². The number of hydrogen-bond donors (Lipinski definition) is 0. The summed E-state index contributed by atoms with van der Waals surface area (Å²) in [5.41, 5.74) is 0. The molecule has 0 saturated carbocycles. The Bertz CT molecular complexity index is 1470. The van der Waals surface area contributed by atoms with Crippen LogP contribution in [0.4, 0.5) is 0 Å². The van der Waals surface area contributed by atoms with Crippen LogP contribution in [-0.2, 0) is 28.6 Å². The van der Waals surface area contributed by atoms with Crippen LogP contribution in [0.5, 0.6) is 0 Å². The Hall–Kier alpha value is -4.19. The predicted molar refractivity (Wildman–Crippen MR) is 297 cm³/mol. The summed E-state index contributed by atoms with van der Waals surface area (Å²) in [4.78, 5) is 38.1. The molecule has 0 bridgehead atoms. The van der Waals surface area contributed by atoms with E-state index in [1.165, 1.54) is 70.6 Å². The van der Waals surface area contributed by atoms with E-state index in [0.29, 0.717) is 19.3 Å². The van der Waals surface area contributed by atoms with Crippen molar-refractivity contribution in [3.63, 3.8) is 0 Å². The zero-order valence-electron chi connectivity index (χ0n) is 44.5. The second kappa shape index (κ2) is 56.4. The molecular formula is C63H102O6. The summed E-state index contributed by atoms with van der Waals surface area (Å²) >= 11 is 0. The number of carbonyl (C=O) groups excluding carboxylic acids is 3. The van der Waals surface area contributed by atoms with Crippen molar-refractivity contribution in [3.05, 3.63) is 122 Å². The van der Waals surface area contributed by atoms with Crippen LogP contribution in [0.15, 0.2) is 122 Å². The van der Waals surface area contributed by atoms with Crippen LogP contribution in [-0.4, -0.2) is 37.2 Å². The van der Waals surface area contributed by atoms with Gasteiger partial charge in [-0.1, -0.05) is 226 Å². The van der Waals surface area contributed by atoms with Crippen molar-refractivity contribution in [2.24, 2.45) is 0 Å². The van der Waals surface area contributed by atoms with Gasteiger partial charge >= 0.3 is 17.9 Å². The topological polar surface area (TPSA) is 78.9 Å². The molecule has 0 aliphatic carbocycles. The van der Waals surface area contributed by atoms with E-state index in [4.69, 9.17) is 14.2 Å². The molecule has 1 atom stereocenters. The van der Waals surface area contributed by atoms with E-state index in [1.54, 1.807) is 0 Å². The van der Waals surface area contributed by atoms with E-state index in [1.807, 2.05) is 0 Å². The van der Waals surface area contributed by atoms with Crippen molar-refractivity contribution < 1.29 is 28.6 Å². The minimum absolute atomic E-state index is 0.117. The van der Waals surface area contributed by atoms with Gasteiger partial charge in [-0.05, 0) is 116 Å². The maximum absolute atomic E-state index is 12.8. The van der Waals surface area contributed by atoms with Gasteiger partial charge in [0.15, 0.2) is 6.10 Å². The molecular weight excluding hydrogens is 853 g/mol. The largest absolute Gasteiger partial charge is 0.462 e. The molecule has 0 radical (unpaired) electrons. The van der Waals surface area contributed by atoms with Crippen molar-refractivity contribution in [2.75, 3.05) is 13.2 Å². The molecule has 0 aliphatic heterocycles. The molecule has 0 aromatic carbocycles. The Morgan fingerprint density at radius 3 is 1.07 bits per heavy atom. The Balaban J connectivity index is 4.56. The summed E-state index contributed by atoms with van der Waals surface area (Å²) in [6, 6.07) is 0. The highest BCUT2D eigenvalue weighted by molar-refractivity contribution is 5.71. The normalized spacial score (nSPS) is 13.0. The van der Waals surface area contributed by atoms with Crippen LogP contribution in [0, 0.1) is 0 Å². The third-order valence-electron chi connectivity index (χ3n) is 11.5. The van der Waals surface area contributed by atoms with Crippen LogP contribution >= 0.6 is 0 Å². The van der Waals surface area contributed by atoms with Crippen LogP contribution in [0.25, 0.3) is 0 Å². The maximum atomic E-state index is 12.8. The molecule has 6 nitrogen and oxygen atoms in total. The molecule has 0 heterocycles. The van der Waals surface area contributed by atoms with Gasteiger partial charge in [0.05, 0.1) is 0 Å². The highest BCUT2D eigenvalue weighted by Crippen LogP contribution is 2.13. The molecule has 6 heteroatoms. The summed E-state index contributed by atoms with van der Waals surface area (Å²) < 4.78 is 16.8. The first-order valence-corrected chi connectivity index (χ1v) is 28.1. The van der Waals surface area contributed by atoms with E-state index < -0.39 is 6.10 Å². The van der Waals surface area contributed by atoms with Gasteiger partial charge in [-0.25, -0.2) is 0 Å². The van der Waals surface area contributed by atoms with E-state index >= 15 is 0 Å². The summed E-state index contributed by atoms with van der Waals surface area (Å²) in [5.74, 6) is -1.01. The predicted octanol–water partition coefficient (Wildman–Crippen LogP) is 18.9. The minimum atomic E-state index is -0.825. The standard InChI is InChI=1S/C63H102O6/c1-4-7-10-13-16-19-22-25-28-31-33-35-38-41-44-47-50-53-56-62(65)68-59-60(58-67-61(64)55-52-49-46-43-40-37-34-30-27-24-21-18-15-12-9-6-3)69-63(66)57-54-51-48-45-42-39-36-32-29-26-23-20-17-14-11-8-5-2/h9,12,17-18,20-22,25-31,33,35-36,39,45,48,60H,4-8,10-11,13-16,19,23-24,32,34,37-38,40-44,46-47,49-59H2,1-3H3/b12-9-,20-17-,21-18-,25-22-,29-26-,30-27-,31-28-,35-33-,39-36-,48-45-. The molecule has 0 saturated heterocycles. The van der Waals surface area contributed by atoms with Crippen LogP contribution in [0.3, 0.4) is 0 Å². The Morgan fingerprint density at radius 2 is 0.638 bits per heavy atom. The lowest BCUT2D eigenvalue weighted by Gasteiger charge is -2.18. The fourth-order valence-corrected chi connectivity index (χ4v) is 7.27. The molecule has 1 unspecified atom stereocenters. The van der Waals surface area contributed by atoms with Gasteiger partial charge in [0.2, 0.25) is 0 Å². The second-order valence-electron chi connectivity index (χ2n) is 18.2. The fourth-order valence-electron chi connectivity index (χ4n) is 7.27. The number of carbonyl (C=O) groups is 3. The number of rotatable bonds is 49. The van der Waals surface area contributed by atoms with Crippen molar-refractivity contribution in [3.8, 4) is 0 Å². The average Bonchev–Trinajstić information content (AvgIpc) is 3.35. The lowest BCUT2D eigenvalue weighted by atomic mass is 10.1. The molecule has 390 valence electrons. The Morgan fingerprint density at radius 1 is 0.319 bits per heavy atom. The molecule has 0 rings (SSSR count). The van der Waals surface area contributed by atoms with Gasteiger partial charge in [0.25, 0.3) is 0 Å². The van der Waals surface area contributed by atoms with Crippen molar-refractivity contribution in [1.82, 2.24) is 0 Å². The van der Waals surface area contributed by atoms with Crippen molar-refractivity contribution >= 4 is 17.9 Å². The van der Waals surface area contributed by atoms with E-state index in [9.17, 15) is 14.4 Å². The molecule has 0 spiro atoms. The van der Waals surface area contributed by atoms with E-state index in [0.717, 1.165) is 122 Å². The minimum Gasteiger partial charge on any atom is -0.462 e. The number of esters is 3. The lowest BCUT2D eigenvalue weighted by Crippen LogP contribution is -2.30. The number of ether oxygens (including phenoxy) is 3. The number of allylic oxidation sites excluding steroid dienone is 20. The molecule has 0 aliphatic rings. The monoisotopic (exact) mass is 955 g/mol. The first-order valence-electron chi connectivity index (χ1n) is 28.1. The van der Waals surface area contributed by atoms with Crippen molar-refractivity contribution in [2.45, 2.75) is 245 Å². The van der Waals surface area contributed by atoms with Crippen LogP contribution in [0.1, 0.15) is 239 Å². The zero-order valence-corrected chi connectivity index (χ0v) is 44.5. The molecule has 0 fully saturated rings. The smallest absolute Gasteiger partial charge is 0.306 e. The third-order valence-corrected chi connectivity index (χ3v) is 11.5. The summed E-state index contributed by atoms with van der Waals surface area (Å²) in [6.45, 7) is 6.40. The van der Waals surface area contributed by atoms with Gasteiger partial charge in [-0.3, -0.25) is 14.4 Å². The molecule has 69 heavy (non-hydrogen) atoms. The molecule has 0 amide bonds. The summed E-state index contributed by atoms with van der Waals surface area (Å²) in [5, 5.41) is 0. The van der Waals surface area contributed by atoms with Gasteiger partial charge in [0.1, 0.15) is 13.2 Å². The fraction of sp³-hybridized carbons (Fsp3) is 0.635. The van der Waals surface area contributed by atoms with E-state index in [-0.39, 0.29) is 37.5 Å². The SMILES string of the molecule is CC/C=C\C/C=C\C/C=C\CCCCCCCCC(=O)OCC(COC(=O)CCCCCCC\C=C/C=C\C=C/CCCCCCC)OC(=O)CCC/C=C\C/C=C\C/C=C\C/C=C\CCCCC.